The van der Waals surface area contributed by atoms with Gasteiger partial charge in [0.1, 0.15) is 10.7 Å². The molecular weight excluding hydrogens is 224 g/mol. The summed E-state index contributed by atoms with van der Waals surface area (Å²) in [4.78, 5) is 18.5. The lowest BCUT2D eigenvalue weighted by Gasteiger charge is -2.18. The second-order valence-electron chi connectivity index (χ2n) is 3.37. The highest BCUT2D eigenvalue weighted by Gasteiger charge is 2.20. The summed E-state index contributed by atoms with van der Waals surface area (Å²) in [6.07, 6.45) is 0.942. The molecule has 3 N–H and O–H groups in total. The highest BCUT2D eigenvalue weighted by atomic mass is 32.1. The third-order valence-corrected chi connectivity index (χ3v) is 3.30. The van der Waals surface area contributed by atoms with Crippen LogP contribution in [0.2, 0.25) is 0 Å². The first-order valence-corrected chi connectivity index (χ1v) is 6.19. The van der Waals surface area contributed by atoms with E-state index in [9.17, 15) is 4.79 Å². The number of carbonyl (C=O) groups excluding carboxylic acids is 1. The maximum absolute atomic E-state index is 12.1. The Hall–Kier alpha value is -1.30. The molecule has 0 aliphatic heterocycles. The van der Waals surface area contributed by atoms with Gasteiger partial charge in [0.05, 0.1) is 0 Å². The summed E-state index contributed by atoms with van der Waals surface area (Å²) in [7, 11) is 1.76. The molecule has 16 heavy (non-hydrogen) atoms. The van der Waals surface area contributed by atoms with Gasteiger partial charge in [0.2, 0.25) is 0 Å². The van der Waals surface area contributed by atoms with Crippen molar-refractivity contribution in [1.29, 1.82) is 0 Å². The van der Waals surface area contributed by atoms with Gasteiger partial charge in [-0.3, -0.25) is 4.79 Å². The number of nitrogens with two attached hydrogens (primary N) is 1. The van der Waals surface area contributed by atoms with Gasteiger partial charge >= 0.3 is 0 Å². The molecule has 90 valence electrons. The van der Waals surface area contributed by atoms with Crippen molar-refractivity contribution in [3.63, 3.8) is 0 Å². The molecule has 0 fully saturated rings. The Labute approximate surface area is 99.7 Å². The van der Waals surface area contributed by atoms with Crippen LogP contribution < -0.4 is 11.1 Å². The summed E-state index contributed by atoms with van der Waals surface area (Å²) < 4.78 is 0. The quantitative estimate of drug-likeness (QED) is 0.823. The number of carbonyl (C=O) groups is 1. The topological polar surface area (TPSA) is 71.2 Å². The van der Waals surface area contributed by atoms with Gasteiger partial charge in [0.15, 0.2) is 5.13 Å². The molecule has 0 bridgehead atoms. The highest BCUT2D eigenvalue weighted by Crippen LogP contribution is 2.25. The maximum Gasteiger partial charge on any atom is 0.267 e. The normalized spacial score (nSPS) is 10.2. The Kier molecular flexibility index (Phi) is 4.54. The average Bonchev–Trinajstić information content (AvgIpc) is 2.66. The average molecular weight is 242 g/mol. The second kappa shape index (κ2) is 5.69. The molecule has 1 rings (SSSR count). The van der Waals surface area contributed by atoms with Crippen LogP contribution in [0.5, 0.6) is 0 Å². The van der Waals surface area contributed by atoms with Crippen LogP contribution in [0.4, 0.5) is 10.9 Å². The predicted octanol–water partition coefficient (Wildman–Crippen LogP) is 1.64. The van der Waals surface area contributed by atoms with Crippen molar-refractivity contribution in [2.24, 2.45) is 0 Å². The van der Waals surface area contributed by atoms with Crippen molar-refractivity contribution >= 4 is 28.2 Å². The molecule has 0 unspecified atom stereocenters. The predicted molar refractivity (Wildman–Crippen MR) is 67.9 cm³/mol. The molecule has 1 aromatic heterocycles. The molecule has 0 saturated carbocycles. The number of nitrogens with one attached hydrogen (secondary N) is 1. The van der Waals surface area contributed by atoms with Gasteiger partial charge in [-0.2, -0.15) is 0 Å². The minimum Gasteiger partial charge on any atom is -0.382 e. The van der Waals surface area contributed by atoms with Crippen LogP contribution in [0.25, 0.3) is 0 Å². The highest BCUT2D eigenvalue weighted by molar-refractivity contribution is 7.18. The molecule has 0 radical (unpaired) electrons. The fraction of sp³-hybridized carbons (Fsp3) is 0.600. The molecule has 1 heterocycles. The number of amides is 1. The van der Waals surface area contributed by atoms with Gasteiger partial charge in [-0.05, 0) is 13.3 Å². The molecule has 0 aliphatic carbocycles. The lowest BCUT2D eigenvalue weighted by molar-refractivity contribution is 0.0770. The van der Waals surface area contributed by atoms with Gasteiger partial charge < -0.3 is 16.0 Å². The van der Waals surface area contributed by atoms with Crippen molar-refractivity contribution in [2.75, 3.05) is 31.2 Å². The van der Waals surface area contributed by atoms with Crippen LogP contribution in [0.1, 0.15) is 29.9 Å². The molecule has 0 atom stereocenters. The number of nitrogen functional groups attached to an aromatic ring is 1. The fourth-order valence-corrected chi connectivity index (χ4v) is 2.21. The van der Waals surface area contributed by atoms with Crippen LogP contribution in [0, 0.1) is 0 Å². The lowest BCUT2D eigenvalue weighted by atomic mass is 10.3. The van der Waals surface area contributed by atoms with Gasteiger partial charge in [0.25, 0.3) is 5.91 Å². The number of hydrogen-bond donors (Lipinski definition) is 2. The molecule has 6 heteroatoms. The smallest absolute Gasteiger partial charge is 0.267 e. The minimum atomic E-state index is -0.0270. The summed E-state index contributed by atoms with van der Waals surface area (Å²) in [6.45, 7) is 5.45. The third-order valence-electron chi connectivity index (χ3n) is 2.22. The fourth-order valence-electron chi connectivity index (χ4n) is 1.41. The van der Waals surface area contributed by atoms with E-state index in [0.717, 1.165) is 13.0 Å². The molecule has 5 nitrogen and oxygen atoms in total. The van der Waals surface area contributed by atoms with E-state index in [-0.39, 0.29) is 5.91 Å². The van der Waals surface area contributed by atoms with E-state index in [1.807, 2.05) is 13.8 Å². The summed E-state index contributed by atoms with van der Waals surface area (Å²) in [6, 6.07) is 0. The van der Waals surface area contributed by atoms with Crippen molar-refractivity contribution in [3.8, 4) is 0 Å². The van der Waals surface area contributed by atoms with Crippen molar-refractivity contribution < 1.29 is 4.79 Å². The Bertz CT molecular complexity index is 364. The van der Waals surface area contributed by atoms with Crippen LogP contribution in [-0.4, -0.2) is 35.9 Å². The summed E-state index contributed by atoms with van der Waals surface area (Å²) in [5, 5.41) is 3.56. The molecule has 0 saturated heterocycles. The van der Waals surface area contributed by atoms with E-state index in [1.54, 1.807) is 11.9 Å². The Morgan fingerprint density at radius 2 is 2.25 bits per heavy atom. The zero-order chi connectivity index (χ0) is 12.1. The van der Waals surface area contributed by atoms with E-state index in [2.05, 4.69) is 10.3 Å². The van der Waals surface area contributed by atoms with E-state index < -0.39 is 0 Å². The first-order chi connectivity index (χ1) is 7.63. The van der Waals surface area contributed by atoms with E-state index in [1.165, 1.54) is 11.3 Å². The molecule has 0 spiro atoms. The summed E-state index contributed by atoms with van der Waals surface area (Å²) >= 11 is 1.30. The van der Waals surface area contributed by atoms with Crippen molar-refractivity contribution in [3.05, 3.63) is 4.88 Å². The van der Waals surface area contributed by atoms with Gasteiger partial charge in [-0.25, -0.2) is 4.98 Å². The zero-order valence-corrected chi connectivity index (χ0v) is 10.7. The third kappa shape index (κ3) is 2.63. The first kappa shape index (κ1) is 12.8. The van der Waals surface area contributed by atoms with Crippen LogP contribution in [0.3, 0.4) is 0 Å². The van der Waals surface area contributed by atoms with Gasteiger partial charge in [-0.15, -0.1) is 0 Å². The summed E-state index contributed by atoms with van der Waals surface area (Å²) in [5.41, 5.74) is 5.72. The monoisotopic (exact) mass is 242 g/mol. The molecule has 0 aromatic carbocycles. The van der Waals surface area contributed by atoms with Crippen LogP contribution in [0.15, 0.2) is 0 Å². The van der Waals surface area contributed by atoms with E-state index in [0.29, 0.717) is 22.4 Å². The molecule has 0 aliphatic rings. The number of anilines is 2. The molecule has 1 aromatic rings. The Morgan fingerprint density at radius 1 is 1.56 bits per heavy atom. The van der Waals surface area contributed by atoms with Crippen LogP contribution >= 0.6 is 11.3 Å². The number of nitrogens with zero attached hydrogens (tertiary/aromatic N) is 2. The van der Waals surface area contributed by atoms with Crippen LogP contribution in [-0.2, 0) is 0 Å². The van der Waals surface area contributed by atoms with E-state index in [4.69, 9.17) is 5.73 Å². The maximum atomic E-state index is 12.1. The first-order valence-electron chi connectivity index (χ1n) is 5.37. The Balaban J connectivity index is 2.89. The Morgan fingerprint density at radius 3 is 2.69 bits per heavy atom. The summed E-state index contributed by atoms with van der Waals surface area (Å²) in [5.74, 6) is 0.287. The molecule has 1 amide bonds. The largest absolute Gasteiger partial charge is 0.382 e. The number of rotatable bonds is 5. The number of hydrogen-bond acceptors (Lipinski definition) is 5. The minimum absolute atomic E-state index is 0.0270. The van der Waals surface area contributed by atoms with E-state index >= 15 is 0 Å². The SMILES string of the molecule is CCCN(CC)C(=O)c1sc(NC)nc1N. The standard InChI is InChI=1S/C10H18N4OS/c1-4-6-14(5-2)9(15)7-8(11)13-10(12-3)16-7/h4-6,11H2,1-3H3,(H,12,13). The van der Waals surface area contributed by atoms with Gasteiger partial charge in [-0.1, -0.05) is 18.3 Å². The van der Waals surface area contributed by atoms with Gasteiger partial charge in [0, 0.05) is 20.1 Å². The lowest BCUT2D eigenvalue weighted by Crippen LogP contribution is -2.31. The number of thiazole rings is 1. The van der Waals surface area contributed by atoms with Crippen molar-refractivity contribution in [1.82, 2.24) is 9.88 Å². The van der Waals surface area contributed by atoms with Crippen molar-refractivity contribution in [2.45, 2.75) is 20.3 Å². The number of aromatic nitrogens is 1. The molecular formula is C10H18N4OS. The zero-order valence-electron chi connectivity index (χ0n) is 9.91. The second-order valence-corrected chi connectivity index (χ2v) is 4.37.